The Bertz CT molecular complexity index is 376. The number of ether oxygens (including phenoxy) is 2. The number of allylic oxidation sites excluding steroid dienone is 1. The van der Waals surface area contributed by atoms with E-state index in [9.17, 15) is 0 Å². The molecule has 0 aromatic heterocycles. The van der Waals surface area contributed by atoms with Crippen molar-refractivity contribution in [2.45, 2.75) is 65.4 Å². The van der Waals surface area contributed by atoms with Gasteiger partial charge in [-0.1, -0.05) is 46.4 Å². The number of rotatable bonds is 1. The van der Waals surface area contributed by atoms with Crippen LogP contribution in [0.15, 0.2) is 11.5 Å². The lowest BCUT2D eigenvalue weighted by Crippen LogP contribution is -2.33. The van der Waals surface area contributed by atoms with E-state index in [1.807, 2.05) is 0 Å². The van der Waals surface area contributed by atoms with Crippen LogP contribution in [0, 0.1) is 10.8 Å². The molecule has 106 valence electrons. The highest BCUT2D eigenvalue weighted by atomic mass is 16.7. The van der Waals surface area contributed by atoms with Crippen molar-refractivity contribution in [1.82, 2.24) is 0 Å². The highest BCUT2D eigenvalue weighted by Crippen LogP contribution is 2.55. The van der Waals surface area contributed by atoms with Gasteiger partial charge in [-0.25, -0.2) is 0 Å². The average molecular weight is 262 g/mol. The van der Waals surface area contributed by atoms with Gasteiger partial charge in [0.15, 0.2) is 12.5 Å². The third kappa shape index (κ3) is 2.29. The molecule has 1 spiro atoms. The van der Waals surface area contributed by atoms with E-state index < -0.39 is 0 Å². The molecule has 0 atom stereocenters. The zero-order valence-corrected chi connectivity index (χ0v) is 12.9. The fourth-order valence-corrected chi connectivity index (χ4v) is 4.07. The van der Waals surface area contributed by atoms with Crippen molar-refractivity contribution in [2.75, 3.05) is 13.2 Å². The van der Waals surface area contributed by atoms with Gasteiger partial charge in [-0.15, -0.1) is 5.47 Å². The van der Waals surface area contributed by atoms with Crippen LogP contribution < -0.4 is 0 Å². The fourth-order valence-electron chi connectivity index (χ4n) is 4.07. The largest absolute Gasteiger partial charge is 0.347 e. The smallest absolute Gasteiger partial charge is 0.172 e. The van der Waals surface area contributed by atoms with Crippen molar-refractivity contribution in [3.05, 3.63) is 11.5 Å². The summed E-state index contributed by atoms with van der Waals surface area (Å²) in [6.07, 6.45) is 8.27. The Balaban J connectivity index is 1.70. The lowest BCUT2D eigenvalue weighted by atomic mass is 9.40. The molecular formula is C16H27BO2. The Morgan fingerprint density at radius 2 is 1.58 bits per heavy atom. The van der Waals surface area contributed by atoms with Gasteiger partial charge in [0.2, 0.25) is 0 Å². The Kier molecular flexibility index (Phi) is 3.14. The molecular weight excluding hydrogens is 235 g/mol. The maximum absolute atomic E-state index is 5.81. The van der Waals surface area contributed by atoms with Crippen molar-refractivity contribution < 1.29 is 9.47 Å². The molecule has 0 unspecified atom stereocenters. The summed E-state index contributed by atoms with van der Waals surface area (Å²) >= 11 is 0. The monoisotopic (exact) mass is 262 g/mol. The van der Waals surface area contributed by atoms with Crippen molar-refractivity contribution in [3.63, 3.8) is 0 Å². The van der Waals surface area contributed by atoms with Crippen LogP contribution in [0.2, 0.25) is 12.6 Å². The van der Waals surface area contributed by atoms with Gasteiger partial charge >= 0.3 is 0 Å². The topological polar surface area (TPSA) is 18.5 Å². The predicted molar refractivity (Wildman–Crippen MR) is 79.5 cm³/mol. The quantitative estimate of drug-likeness (QED) is 0.666. The molecule has 0 bridgehead atoms. The van der Waals surface area contributed by atoms with Crippen LogP contribution in [-0.4, -0.2) is 25.7 Å². The van der Waals surface area contributed by atoms with Gasteiger partial charge < -0.3 is 9.47 Å². The van der Waals surface area contributed by atoms with E-state index in [2.05, 4.69) is 33.8 Å². The van der Waals surface area contributed by atoms with Gasteiger partial charge in [0.05, 0.1) is 13.2 Å². The molecule has 3 heteroatoms. The second kappa shape index (κ2) is 4.36. The van der Waals surface area contributed by atoms with Gasteiger partial charge in [-0.2, -0.15) is 0 Å². The van der Waals surface area contributed by atoms with Gasteiger partial charge in [0.1, 0.15) is 0 Å². The molecule has 2 nitrogen and oxygen atoms in total. The molecule has 3 aliphatic rings. The molecule has 0 amide bonds. The third-order valence-electron chi connectivity index (χ3n) is 6.15. The first-order valence-corrected chi connectivity index (χ1v) is 7.81. The molecule has 2 fully saturated rings. The number of hydrogen-bond donors (Lipinski definition) is 0. The van der Waals surface area contributed by atoms with Crippen LogP contribution in [0.4, 0.5) is 0 Å². The first-order chi connectivity index (χ1) is 8.84. The van der Waals surface area contributed by atoms with E-state index in [0.717, 1.165) is 39.2 Å². The van der Waals surface area contributed by atoms with E-state index in [1.54, 1.807) is 5.47 Å². The molecule has 2 heterocycles. The molecule has 0 saturated carbocycles. The summed E-state index contributed by atoms with van der Waals surface area (Å²) < 4.78 is 11.6. The highest BCUT2D eigenvalue weighted by molar-refractivity contribution is 6.68. The van der Waals surface area contributed by atoms with E-state index in [0.29, 0.717) is 10.8 Å². The summed E-state index contributed by atoms with van der Waals surface area (Å²) in [5, 5.41) is 0. The SMILES string of the molecule is CC1(C)CB(C2=CCC3(CC2)OCCO3)CC1(C)C. The molecule has 2 aliphatic heterocycles. The summed E-state index contributed by atoms with van der Waals surface area (Å²) in [6.45, 7) is 12.0. The van der Waals surface area contributed by atoms with E-state index in [-0.39, 0.29) is 5.79 Å². The van der Waals surface area contributed by atoms with Crippen molar-refractivity contribution >= 4 is 6.71 Å². The fraction of sp³-hybridized carbons (Fsp3) is 0.875. The minimum atomic E-state index is -0.257. The lowest BCUT2D eigenvalue weighted by molar-refractivity contribution is -0.161. The molecule has 3 rings (SSSR count). The summed E-state index contributed by atoms with van der Waals surface area (Å²) in [5.41, 5.74) is 2.57. The van der Waals surface area contributed by atoms with E-state index in [4.69, 9.17) is 9.47 Å². The van der Waals surface area contributed by atoms with Crippen LogP contribution in [0.5, 0.6) is 0 Å². The molecule has 1 aliphatic carbocycles. The van der Waals surface area contributed by atoms with Gasteiger partial charge in [-0.3, -0.25) is 0 Å². The van der Waals surface area contributed by atoms with Gasteiger partial charge in [-0.05, 0) is 17.3 Å². The van der Waals surface area contributed by atoms with E-state index in [1.165, 1.54) is 12.6 Å². The third-order valence-corrected chi connectivity index (χ3v) is 6.15. The Morgan fingerprint density at radius 1 is 1.00 bits per heavy atom. The number of hydrogen-bond acceptors (Lipinski definition) is 2. The zero-order valence-electron chi connectivity index (χ0n) is 12.9. The average Bonchev–Trinajstić information content (AvgIpc) is 2.84. The van der Waals surface area contributed by atoms with Crippen LogP contribution in [0.1, 0.15) is 47.0 Å². The molecule has 19 heavy (non-hydrogen) atoms. The minimum Gasteiger partial charge on any atom is -0.347 e. The van der Waals surface area contributed by atoms with Crippen LogP contribution in [0.25, 0.3) is 0 Å². The summed E-state index contributed by atoms with van der Waals surface area (Å²) in [7, 11) is 0. The van der Waals surface area contributed by atoms with Crippen LogP contribution in [0.3, 0.4) is 0 Å². The molecule has 2 saturated heterocycles. The summed E-state index contributed by atoms with van der Waals surface area (Å²) in [5.74, 6) is -0.257. The molecule has 0 aromatic carbocycles. The standard InChI is InChI=1S/C16H27BO2/c1-14(2)11-17(12-15(14,3)4)13-5-7-16(8-6-13)18-9-10-19-16/h5H,6-12H2,1-4H3. The van der Waals surface area contributed by atoms with Crippen LogP contribution in [-0.2, 0) is 9.47 Å². The zero-order chi connectivity index (χ0) is 13.7. The maximum atomic E-state index is 5.81. The lowest BCUT2D eigenvalue weighted by Gasteiger charge is -2.35. The normalized spacial score (nSPS) is 31.8. The minimum absolute atomic E-state index is 0.257. The highest BCUT2D eigenvalue weighted by Gasteiger charge is 2.49. The van der Waals surface area contributed by atoms with Crippen molar-refractivity contribution in [1.29, 1.82) is 0 Å². The second-order valence-corrected chi connectivity index (χ2v) is 7.96. The maximum Gasteiger partial charge on any atom is 0.172 e. The summed E-state index contributed by atoms with van der Waals surface area (Å²) in [6, 6.07) is 0. The second-order valence-electron chi connectivity index (χ2n) is 7.96. The van der Waals surface area contributed by atoms with Crippen molar-refractivity contribution in [3.8, 4) is 0 Å². The predicted octanol–water partition coefficient (Wildman–Crippen LogP) is 3.94. The molecule has 0 aromatic rings. The Hall–Kier alpha value is -0.275. The van der Waals surface area contributed by atoms with Crippen LogP contribution >= 0.6 is 0 Å². The molecule has 0 radical (unpaired) electrons. The van der Waals surface area contributed by atoms with Gasteiger partial charge in [0.25, 0.3) is 0 Å². The molecule has 0 N–H and O–H groups in total. The van der Waals surface area contributed by atoms with Crippen molar-refractivity contribution in [2.24, 2.45) is 10.8 Å². The first kappa shape index (κ1) is 13.7. The first-order valence-electron chi connectivity index (χ1n) is 7.81. The Morgan fingerprint density at radius 3 is 2.05 bits per heavy atom. The van der Waals surface area contributed by atoms with Gasteiger partial charge in [0, 0.05) is 12.8 Å². The Labute approximate surface area is 118 Å². The summed E-state index contributed by atoms with van der Waals surface area (Å²) in [4.78, 5) is 0. The van der Waals surface area contributed by atoms with E-state index >= 15 is 0 Å².